The van der Waals surface area contributed by atoms with Gasteiger partial charge in [0.2, 0.25) is 5.91 Å². The molecule has 2 aromatic heterocycles. The van der Waals surface area contributed by atoms with Gasteiger partial charge in [-0.1, -0.05) is 0 Å². The molecule has 1 aliphatic carbocycles. The van der Waals surface area contributed by atoms with Crippen LogP contribution in [0, 0.1) is 5.92 Å². The number of hydrogen-bond donors (Lipinski definition) is 0. The van der Waals surface area contributed by atoms with Gasteiger partial charge in [-0.05, 0) is 31.9 Å². The fourth-order valence-electron chi connectivity index (χ4n) is 3.79. The Morgan fingerprint density at radius 1 is 1.32 bits per heavy atom. The fraction of sp³-hybridized carbons (Fsp3) is 0.579. The van der Waals surface area contributed by atoms with Gasteiger partial charge >= 0.3 is 0 Å². The molecule has 1 saturated carbocycles. The highest BCUT2D eigenvalue weighted by atomic mass is 16.3. The highest BCUT2D eigenvalue weighted by molar-refractivity contribution is 5.82. The van der Waals surface area contributed by atoms with E-state index in [2.05, 4.69) is 28.0 Å². The maximum absolute atomic E-state index is 12.8. The average molecular weight is 342 g/mol. The van der Waals surface area contributed by atoms with Crippen LogP contribution >= 0.6 is 0 Å². The third kappa shape index (κ3) is 3.63. The van der Waals surface area contributed by atoms with E-state index < -0.39 is 0 Å². The van der Waals surface area contributed by atoms with Crippen LogP contribution in [0.15, 0.2) is 35.2 Å². The first-order valence-corrected chi connectivity index (χ1v) is 9.30. The van der Waals surface area contributed by atoms with E-state index in [0.717, 1.165) is 57.9 Å². The van der Waals surface area contributed by atoms with Crippen molar-refractivity contribution in [3.8, 4) is 0 Å². The molecular weight excluding hydrogens is 316 g/mol. The zero-order chi connectivity index (χ0) is 17.2. The quantitative estimate of drug-likeness (QED) is 0.837. The van der Waals surface area contributed by atoms with Gasteiger partial charge in [0.05, 0.1) is 12.5 Å². The molecule has 1 amide bonds. The minimum absolute atomic E-state index is 0.125. The molecule has 1 saturated heterocycles. The molecule has 0 N–H and O–H groups in total. The highest BCUT2D eigenvalue weighted by Gasteiger charge is 2.47. The summed E-state index contributed by atoms with van der Waals surface area (Å²) in [5.41, 5.74) is 1.25. The van der Waals surface area contributed by atoms with Crippen LogP contribution in [0.2, 0.25) is 0 Å². The molecule has 0 aromatic carbocycles. The Bertz CT molecular complexity index is 709. The van der Waals surface area contributed by atoms with Crippen LogP contribution in [-0.2, 0) is 17.9 Å². The van der Waals surface area contributed by atoms with Crippen LogP contribution in [0.4, 0.5) is 0 Å². The van der Waals surface area contributed by atoms with Gasteiger partial charge in [-0.25, -0.2) is 0 Å². The molecule has 3 heterocycles. The molecule has 0 radical (unpaired) electrons. The largest absolute Gasteiger partial charge is 0.469 e. The van der Waals surface area contributed by atoms with Crippen molar-refractivity contribution in [1.29, 1.82) is 0 Å². The van der Waals surface area contributed by atoms with Crippen molar-refractivity contribution in [2.75, 3.05) is 26.2 Å². The summed E-state index contributed by atoms with van der Waals surface area (Å²) in [6.45, 7) is 7.57. The molecule has 0 spiro atoms. The van der Waals surface area contributed by atoms with Gasteiger partial charge in [0.15, 0.2) is 0 Å². The predicted molar refractivity (Wildman–Crippen MR) is 93.9 cm³/mol. The van der Waals surface area contributed by atoms with Crippen LogP contribution < -0.4 is 0 Å². The summed E-state index contributed by atoms with van der Waals surface area (Å²) in [4.78, 5) is 17.3. The average Bonchev–Trinajstić information content (AvgIpc) is 3.08. The minimum atomic E-state index is 0.125. The molecule has 2 aromatic rings. The number of amides is 1. The summed E-state index contributed by atoms with van der Waals surface area (Å²) in [5, 5.41) is 4.35. The maximum Gasteiger partial charge on any atom is 0.226 e. The Balaban J connectivity index is 1.30. The van der Waals surface area contributed by atoms with E-state index in [1.165, 1.54) is 5.56 Å². The van der Waals surface area contributed by atoms with Gasteiger partial charge in [-0.15, -0.1) is 0 Å². The smallest absolute Gasteiger partial charge is 0.226 e. The van der Waals surface area contributed by atoms with Crippen molar-refractivity contribution in [2.24, 2.45) is 5.92 Å². The third-order valence-corrected chi connectivity index (χ3v) is 5.33. The van der Waals surface area contributed by atoms with Gasteiger partial charge in [0.25, 0.3) is 0 Å². The second-order valence-electron chi connectivity index (χ2n) is 7.12. The number of furan rings is 1. The number of rotatable bonds is 5. The molecule has 6 nitrogen and oxygen atoms in total. The van der Waals surface area contributed by atoms with Crippen molar-refractivity contribution in [1.82, 2.24) is 19.6 Å². The molecule has 2 aliphatic rings. The van der Waals surface area contributed by atoms with Crippen LogP contribution in [0.5, 0.6) is 0 Å². The fourth-order valence-corrected chi connectivity index (χ4v) is 3.79. The van der Waals surface area contributed by atoms with Crippen LogP contribution in [0.3, 0.4) is 0 Å². The van der Waals surface area contributed by atoms with E-state index in [0.29, 0.717) is 11.8 Å². The normalized spacial score (nSPS) is 24.3. The van der Waals surface area contributed by atoms with Crippen molar-refractivity contribution in [2.45, 2.75) is 38.8 Å². The van der Waals surface area contributed by atoms with E-state index in [1.807, 2.05) is 23.0 Å². The number of aryl methyl sites for hydroxylation is 1. The Labute approximate surface area is 148 Å². The monoisotopic (exact) mass is 342 g/mol. The summed E-state index contributed by atoms with van der Waals surface area (Å²) in [5.74, 6) is 1.69. The Hall–Kier alpha value is -2.08. The molecule has 6 heteroatoms. The number of carbonyl (C=O) groups is 1. The first-order chi connectivity index (χ1) is 12.2. The molecule has 4 rings (SSSR count). The van der Waals surface area contributed by atoms with Gasteiger partial charge in [0.1, 0.15) is 5.76 Å². The number of aromatic nitrogens is 2. The number of nitrogens with zero attached hydrogens (tertiary/aromatic N) is 4. The van der Waals surface area contributed by atoms with Crippen molar-refractivity contribution < 1.29 is 9.21 Å². The zero-order valence-electron chi connectivity index (χ0n) is 14.8. The molecule has 0 bridgehead atoms. The van der Waals surface area contributed by atoms with Gasteiger partial charge in [-0.3, -0.25) is 14.4 Å². The molecule has 25 heavy (non-hydrogen) atoms. The van der Waals surface area contributed by atoms with E-state index in [-0.39, 0.29) is 5.92 Å². The minimum Gasteiger partial charge on any atom is -0.469 e. The van der Waals surface area contributed by atoms with Crippen LogP contribution in [-0.4, -0.2) is 51.7 Å². The van der Waals surface area contributed by atoms with E-state index in [1.54, 1.807) is 6.26 Å². The molecule has 134 valence electrons. The zero-order valence-corrected chi connectivity index (χ0v) is 14.8. The van der Waals surface area contributed by atoms with Gasteiger partial charge in [-0.2, -0.15) is 5.10 Å². The molecule has 1 aliphatic heterocycles. The lowest BCUT2D eigenvalue weighted by atomic mass is 10.2. The van der Waals surface area contributed by atoms with Crippen LogP contribution in [0.25, 0.3) is 0 Å². The van der Waals surface area contributed by atoms with Gasteiger partial charge in [0, 0.05) is 62.9 Å². The molecular formula is C19H26N4O2. The molecule has 2 fully saturated rings. The van der Waals surface area contributed by atoms with Crippen LogP contribution in [0.1, 0.15) is 37.0 Å². The maximum atomic E-state index is 12.8. The lowest BCUT2D eigenvalue weighted by Gasteiger charge is -2.22. The van der Waals surface area contributed by atoms with E-state index in [4.69, 9.17) is 4.42 Å². The summed E-state index contributed by atoms with van der Waals surface area (Å²) in [6, 6.07) is 3.89. The Morgan fingerprint density at radius 3 is 3.00 bits per heavy atom. The lowest BCUT2D eigenvalue weighted by Crippen LogP contribution is -2.36. The van der Waals surface area contributed by atoms with E-state index in [9.17, 15) is 4.79 Å². The Morgan fingerprint density at radius 2 is 2.24 bits per heavy atom. The summed E-state index contributed by atoms with van der Waals surface area (Å²) >= 11 is 0. The lowest BCUT2D eigenvalue weighted by molar-refractivity contribution is -0.132. The predicted octanol–water partition coefficient (Wildman–Crippen LogP) is 2.33. The second-order valence-corrected chi connectivity index (χ2v) is 7.12. The van der Waals surface area contributed by atoms with E-state index >= 15 is 0 Å². The SMILES string of the molecule is CCn1cc(CN2CCCN(C(=O)C3CC3c3ccco3)CC2)cn1. The van der Waals surface area contributed by atoms with Crippen molar-refractivity contribution in [3.63, 3.8) is 0 Å². The van der Waals surface area contributed by atoms with Crippen molar-refractivity contribution >= 4 is 5.91 Å². The Kier molecular flexibility index (Phi) is 4.61. The number of carbonyl (C=O) groups excluding carboxylic acids is 1. The summed E-state index contributed by atoms with van der Waals surface area (Å²) in [7, 11) is 0. The van der Waals surface area contributed by atoms with Crippen molar-refractivity contribution in [3.05, 3.63) is 42.1 Å². The van der Waals surface area contributed by atoms with Gasteiger partial charge < -0.3 is 9.32 Å². The standard InChI is InChI=1S/C19H26N4O2/c1-2-23-14-15(12-20-23)13-21-6-4-7-22(9-8-21)19(24)17-11-16(17)18-5-3-10-25-18/h3,5,10,12,14,16-17H,2,4,6-9,11,13H2,1H3. The summed E-state index contributed by atoms with van der Waals surface area (Å²) < 4.78 is 7.42. The first kappa shape index (κ1) is 16.4. The first-order valence-electron chi connectivity index (χ1n) is 9.30. The summed E-state index contributed by atoms with van der Waals surface area (Å²) in [6.07, 6.45) is 7.73. The third-order valence-electron chi connectivity index (χ3n) is 5.33. The highest BCUT2D eigenvalue weighted by Crippen LogP contribution is 2.48. The second kappa shape index (κ2) is 7.04. The topological polar surface area (TPSA) is 54.5 Å². The molecule has 2 atom stereocenters. The number of hydrogen-bond acceptors (Lipinski definition) is 4. The molecule has 2 unspecified atom stereocenters.